The number of hydrogen-bond acceptors (Lipinski definition) is 1. The van der Waals surface area contributed by atoms with E-state index in [2.05, 4.69) is 0 Å². The van der Waals surface area contributed by atoms with Crippen molar-refractivity contribution < 1.29 is 23.8 Å². The van der Waals surface area contributed by atoms with Crippen molar-refractivity contribution in [2.45, 2.75) is 13.8 Å². The molecule has 0 aliphatic rings. The third-order valence-electron chi connectivity index (χ3n) is 2.90. The molecule has 0 saturated heterocycles. The summed E-state index contributed by atoms with van der Waals surface area (Å²) in [7, 11) is -2.68. The molecule has 0 saturated carbocycles. The van der Waals surface area contributed by atoms with Crippen LogP contribution in [0.3, 0.4) is 0 Å². The van der Waals surface area contributed by atoms with Gasteiger partial charge in [-0.15, -0.1) is 13.8 Å². The van der Waals surface area contributed by atoms with Crippen molar-refractivity contribution in [2.75, 3.05) is 0 Å². The molecule has 2 aromatic carbocycles. The number of allylic oxidation sites excluding steroid dienone is 2. The van der Waals surface area contributed by atoms with Gasteiger partial charge < -0.3 is 4.89 Å². The minimum atomic E-state index is -2.68. The normalized spacial score (nSPS) is 10.3. The molecule has 2 rings (SSSR count). The molecule has 0 fully saturated rings. The quantitative estimate of drug-likeness (QED) is 0.440. The number of benzene rings is 2. The van der Waals surface area contributed by atoms with Crippen LogP contribution in [0.5, 0.6) is 0 Å². The molecular weight excluding hydrogens is 258 g/mol. The fourth-order valence-electron chi connectivity index (χ4n) is 1.87. The van der Waals surface area contributed by atoms with Crippen LogP contribution in [0.1, 0.15) is 13.8 Å². The van der Waals surface area contributed by atoms with Crippen molar-refractivity contribution in [1.82, 2.24) is 0 Å². The number of hydrogen-bond donors (Lipinski definition) is 0. The molecule has 0 atom stereocenters. The molecule has 1 nitrogen and oxygen atoms in total. The smallest absolute Gasteiger partial charge is 0.680 e. The van der Waals surface area contributed by atoms with Gasteiger partial charge >= 0.3 is 18.9 Å². The van der Waals surface area contributed by atoms with Gasteiger partial charge in [0.1, 0.15) is 0 Å². The summed E-state index contributed by atoms with van der Waals surface area (Å²) in [5.74, 6) is 0. The summed E-state index contributed by atoms with van der Waals surface area (Å²) in [5, 5.41) is 1.75. The van der Waals surface area contributed by atoms with Gasteiger partial charge in [-0.25, -0.2) is 5.57 Å². The third-order valence-corrected chi connectivity index (χ3v) is 5.60. The van der Waals surface area contributed by atoms with E-state index >= 15 is 0 Å². The predicted molar refractivity (Wildman–Crippen MR) is 82.8 cm³/mol. The first-order valence-corrected chi connectivity index (χ1v) is 8.11. The van der Waals surface area contributed by atoms with Crippen molar-refractivity contribution in [3.63, 3.8) is 0 Å². The minimum absolute atomic E-state index is 0. The summed E-state index contributed by atoms with van der Waals surface area (Å²) in [5.41, 5.74) is 1.15. The van der Waals surface area contributed by atoms with Crippen LogP contribution in [0.2, 0.25) is 0 Å². The third kappa shape index (κ3) is 4.01. The Morgan fingerprint density at radius 1 is 0.900 bits per heavy atom. The SMILES string of the molecule is CC(C)=C[CH-][P+]([O-])(c1ccccc1)c1ccccc1.[Li+]. The summed E-state index contributed by atoms with van der Waals surface area (Å²) in [6.07, 6.45) is 3.80. The monoisotopic (exact) mass is 276 g/mol. The van der Waals surface area contributed by atoms with Crippen LogP contribution in [-0.2, 0) is 0 Å². The Balaban J connectivity index is 0.00000200. The Labute approximate surface area is 134 Å². The zero-order chi connectivity index (χ0) is 13.7. The Morgan fingerprint density at radius 3 is 1.65 bits per heavy atom. The van der Waals surface area contributed by atoms with Gasteiger partial charge in [-0.3, -0.25) is 0 Å². The molecule has 0 radical (unpaired) electrons. The van der Waals surface area contributed by atoms with E-state index in [1.165, 1.54) is 0 Å². The van der Waals surface area contributed by atoms with E-state index in [-0.39, 0.29) is 18.9 Å². The second kappa shape index (κ2) is 7.72. The van der Waals surface area contributed by atoms with Gasteiger partial charge in [-0.05, 0) is 31.8 Å². The molecule has 2 aromatic rings. The molecule has 0 heterocycles. The van der Waals surface area contributed by atoms with E-state index < -0.39 is 7.49 Å². The van der Waals surface area contributed by atoms with E-state index in [0.29, 0.717) is 0 Å². The molecule has 0 amide bonds. The van der Waals surface area contributed by atoms with Crippen molar-refractivity contribution in [1.29, 1.82) is 0 Å². The second-order valence-electron chi connectivity index (χ2n) is 4.72. The topological polar surface area (TPSA) is 23.1 Å². The molecule has 0 aliphatic carbocycles. The zero-order valence-corrected chi connectivity index (χ0v) is 13.2. The van der Waals surface area contributed by atoms with Crippen LogP contribution in [0.15, 0.2) is 72.3 Å². The van der Waals surface area contributed by atoms with Gasteiger partial charge in [0.15, 0.2) is 0 Å². The molecule has 0 aliphatic heterocycles. The number of rotatable bonds is 4. The van der Waals surface area contributed by atoms with Crippen molar-refractivity contribution in [3.8, 4) is 0 Å². The van der Waals surface area contributed by atoms with E-state index in [9.17, 15) is 4.89 Å². The van der Waals surface area contributed by atoms with Gasteiger partial charge in [-0.2, -0.15) is 6.08 Å². The van der Waals surface area contributed by atoms with E-state index in [0.717, 1.165) is 16.2 Å². The molecule has 0 N–H and O–H groups in total. The Bertz CT molecular complexity index is 508. The maximum Gasteiger partial charge on any atom is 1.00 e. The van der Waals surface area contributed by atoms with Crippen LogP contribution in [-0.4, -0.2) is 0 Å². The van der Waals surface area contributed by atoms with Crippen LogP contribution >= 0.6 is 7.49 Å². The average Bonchev–Trinajstić information content (AvgIpc) is 2.46. The molecule has 0 spiro atoms. The van der Waals surface area contributed by atoms with Crippen LogP contribution in [0.4, 0.5) is 0 Å². The van der Waals surface area contributed by atoms with Gasteiger partial charge in [0.05, 0.1) is 10.6 Å². The molecule has 3 heteroatoms. The largest absolute Gasteiger partial charge is 1.00 e. The molecule has 0 aromatic heterocycles. The van der Waals surface area contributed by atoms with Gasteiger partial charge in [-0.1, -0.05) is 42.6 Å². The summed E-state index contributed by atoms with van der Waals surface area (Å²) in [4.78, 5) is 13.4. The van der Waals surface area contributed by atoms with Crippen LogP contribution in [0.25, 0.3) is 0 Å². The molecular formula is C17H18LiOP. The fraction of sp³-hybridized carbons (Fsp3) is 0.118. The van der Waals surface area contributed by atoms with Gasteiger partial charge in [0, 0.05) is 0 Å². The summed E-state index contributed by atoms with van der Waals surface area (Å²) >= 11 is 0. The first kappa shape index (κ1) is 17.1. The Morgan fingerprint density at radius 2 is 1.30 bits per heavy atom. The Kier molecular flexibility index (Phi) is 6.60. The molecule has 98 valence electrons. The van der Waals surface area contributed by atoms with Gasteiger partial charge in [0.25, 0.3) is 0 Å². The van der Waals surface area contributed by atoms with E-state index in [1.807, 2.05) is 86.7 Å². The van der Waals surface area contributed by atoms with Crippen molar-refractivity contribution in [3.05, 3.63) is 78.5 Å². The summed E-state index contributed by atoms with van der Waals surface area (Å²) < 4.78 is 0. The molecule has 0 unspecified atom stereocenters. The minimum Gasteiger partial charge on any atom is -0.680 e. The average molecular weight is 276 g/mol. The second-order valence-corrected chi connectivity index (χ2v) is 7.37. The first-order valence-electron chi connectivity index (χ1n) is 6.33. The fourth-order valence-corrected chi connectivity index (χ4v) is 4.25. The molecule has 20 heavy (non-hydrogen) atoms. The zero-order valence-electron chi connectivity index (χ0n) is 12.3. The van der Waals surface area contributed by atoms with Gasteiger partial charge in [0.2, 0.25) is 0 Å². The predicted octanol–water partition coefficient (Wildman–Crippen LogP) is 0.0623. The standard InChI is InChI=1S/C17H18OP.Li/c1-15(2)13-14-19(18,16-9-5-3-6-10-16)17-11-7-4-8-12-17;/h3-14H,1-2H3;/q-1;+1. The first-order chi connectivity index (χ1) is 9.13. The van der Waals surface area contributed by atoms with E-state index in [4.69, 9.17) is 0 Å². The summed E-state index contributed by atoms with van der Waals surface area (Å²) in [6.45, 7) is 4.02. The van der Waals surface area contributed by atoms with Crippen molar-refractivity contribution >= 4 is 18.1 Å². The van der Waals surface area contributed by atoms with E-state index in [1.54, 1.807) is 0 Å². The Hall–Kier alpha value is -0.963. The maximum absolute atomic E-state index is 13.4. The molecule has 0 bridgehead atoms. The van der Waals surface area contributed by atoms with Crippen molar-refractivity contribution in [2.24, 2.45) is 0 Å². The van der Waals surface area contributed by atoms with Crippen LogP contribution in [0, 0.1) is 6.16 Å². The summed E-state index contributed by atoms with van der Waals surface area (Å²) in [6, 6.07) is 19.4. The van der Waals surface area contributed by atoms with Crippen LogP contribution < -0.4 is 34.4 Å². The maximum atomic E-state index is 13.4.